The maximum atomic E-state index is 12.6. The van der Waals surface area contributed by atoms with Crippen molar-refractivity contribution in [3.63, 3.8) is 0 Å². The normalized spacial score (nSPS) is 15.5. The molecule has 4 rings (SSSR count). The number of hydrogen-bond acceptors (Lipinski definition) is 8. The number of ether oxygens (including phenoxy) is 2. The fraction of sp³-hybridized carbons (Fsp3) is 0.286. The molecule has 0 fully saturated rings. The van der Waals surface area contributed by atoms with Gasteiger partial charge in [0.25, 0.3) is 11.8 Å². The third-order valence-electron chi connectivity index (χ3n) is 4.90. The number of amides is 1. The lowest BCUT2D eigenvalue weighted by Crippen LogP contribution is -2.30. The van der Waals surface area contributed by atoms with E-state index in [1.165, 1.54) is 28.6 Å². The van der Waals surface area contributed by atoms with Gasteiger partial charge in [-0.05, 0) is 36.4 Å². The molecule has 1 aliphatic rings. The predicted molar refractivity (Wildman–Crippen MR) is 114 cm³/mol. The zero-order chi connectivity index (χ0) is 22.7. The van der Waals surface area contributed by atoms with E-state index in [1.54, 1.807) is 26.0 Å². The quantitative estimate of drug-likeness (QED) is 0.573. The van der Waals surface area contributed by atoms with Crippen molar-refractivity contribution in [1.29, 1.82) is 0 Å². The molecule has 1 amide bonds. The second-order valence-electron chi connectivity index (χ2n) is 6.88. The second-order valence-corrected chi connectivity index (χ2v) is 8.82. The van der Waals surface area contributed by atoms with Crippen molar-refractivity contribution in [1.82, 2.24) is 14.5 Å². The molecular weight excluding hydrogens is 436 g/mol. The van der Waals surface area contributed by atoms with Gasteiger partial charge in [0.15, 0.2) is 11.5 Å². The lowest BCUT2D eigenvalue weighted by molar-refractivity contribution is 0.0716. The number of fused-ring (bicyclic) bond motifs is 1. The van der Waals surface area contributed by atoms with Gasteiger partial charge in [-0.25, -0.2) is 8.42 Å². The van der Waals surface area contributed by atoms with Gasteiger partial charge in [-0.2, -0.15) is 4.31 Å². The number of sulfonamides is 1. The van der Waals surface area contributed by atoms with E-state index in [2.05, 4.69) is 15.5 Å². The highest BCUT2D eigenvalue weighted by atomic mass is 32.2. The highest BCUT2D eigenvalue weighted by molar-refractivity contribution is 7.89. The molecular formula is C21H22N4O6S. The van der Waals surface area contributed by atoms with Crippen LogP contribution in [0.4, 0.5) is 6.01 Å². The van der Waals surface area contributed by atoms with Gasteiger partial charge in [-0.15, -0.1) is 5.10 Å². The lowest BCUT2D eigenvalue weighted by Gasteiger charge is -2.23. The number of para-hydroxylation sites is 2. The van der Waals surface area contributed by atoms with Gasteiger partial charge in [0.05, 0.1) is 4.90 Å². The van der Waals surface area contributed by atoms with E-state index in [0.29, 0.717) is 24.6 Å². The van der Waals surface area contributed by atoms with Crippen LogP contribution >= 0.6 is 0 Å². The highest BCUT2D eigenvalue weighted by Gasteiger charge is 2.28. The summed E-state index contributed by atoms with van der Waals surface area (Å²) in [6.07, 6.45) is -0.604. The molecule has 32 heavy (non-hydrogen) atoms. The SMILES string of the molecule is CCN(CC)S(=O)(=O)c1ccc(C(=O)Nc2nnc([C@@H]3COc4ccccc4O3)o2)cc1. The maximum absolute atomic E-state index is 12.6. The molecule has 0 unspecified atom stereocenters. The van der Waals surface area contributed by atoms with Crippen molar-refractivity contribution in [3.8, 4) is 11.5 Å². The van der Waals surface area contributed by atoms with E-state index in [4.69, 9.17) is 13.9 Å². The van der Waals surface area contributed by atoms with Gasteiger partial charge >= 0.3 is 6.01 Å². The molecule has 2 heterocycles. The summed E-state index contributed by atoms with van der Waals surface area (Å²) in [5, 5.41) is 10.3. The van der Waals surface area contributed by atoms with E-state index in [9.17, 15) is 13.2 Å². The molecule has 0 aliphatic carbocycles. The average molecular weight is 458 g/mol. The topological polar surface area (TPSA) is 124 Å². The first-order chi connectivity index (χ1) is 15.4. The Labute approximate surface area is 185 Å². The number of nitrogens with zero attached hydrogens (tertiary/aromatic N) is 3. The monoisotopic (exact) mass is 458 g/mol. The standard InChI is InChI=1S/C21H22N4O6S/c1-3-25(4-2)32(27,28)15-11-9-14(10-12-15)19(26)22-21-24-23-20(31-21)18-13-29-16-7-5-6-8-17(16)30-18/h5-12,18H,3-4,13H2,1-2H3,(H,22,24,26)/t18-/m0/s1. The largest absolute Gasteiger partial charge is 0.485 e. The van der Waals surface area contributed by atoms with Gasteiger partial charge in [0.1, 0.15) is 6.61 Å². The predicted octanol–water partition coefficient (Wildman–Crippen LogP) is 2.86. The Balaban J connectivity index is 1.42. The summed E-state index contributed by atoms with van der Waals surface area (Å²) in [5.74, 6) is 0.837. The summed E-state index contributed by atoms with van der Waals surface area (Å²) in [4.78, 5) is 12.6. The smallest absolute Gasteiger partial charge is 0.322 e. The lowest BCUT2D eigenvalue weighted by atomic mass is 10.2. The Bertz CT molecular complexity index is 1210. The minimum atomic E-state index is -3.60. The highest BCUT2D eigenvalue weighted by Crippen LogP contribution is 2.35. The van der Waals surface area contributed by atoms with Crippen LogP contribution in [-0.2, 0) is 10.0 Å². The van der Waals surface area contributed by atoms with Crippen molar-refractivity contribution in [2.45, 2.75) is 24.8 Å². The van der Waals surface area contributed by atoms with Crippen molar-refractivity contribution in [2.75, 3.05) is 25.0 Å². The van der Waals surface area contributed by atoms with E-state index >= 15 is 0 Å². The fourth-order valence-corrected chi connectivity index (χ4v) is 4.67. The third-order valence-corrected chi connectivity index (χ3v) is 6.97. The van der Waals surface area contributed by atoms with Gasteiger partial charge in [-0.1, -0.05) is 31.1 Å². The van der Waals surface area contributed by atoms with E-state index < -0.39 is 22.0 Å². The minimum Gasteiger partial charge on any atom is -0.485 e. The molecule has 11 heteroatoms. The van der Waals surface area contributed by atoms with Gasteiger partial charge in [0.2, 0.25) is 16.1 Å². The minimum absolute atomic E-state index is 0.104. The first-order valence-corrected chi connectivity index (χ1v) is 11.5. The van der Waals surface area contributed by atoms with Crippen molar-refractivity contribution < 1.29 is 27.1 Å². The van der Waals surface area contributed by atoms with E-state index in [1.807, 2.05) is 12.1 Å². The fourth-order valence-electron chi connectivity index (χ4n) is 3.22. The van der Waals surface area contributed by atoms with Crippen LogP contribution < -0.4 is 14.8 Å². The van der Waals surface area contributed by atoms with Crippen LogP contribution in [0.5, 0.6) is 11.5 Å². The molecule has 1 N–H and O–H groups in total. The molecule has 0 saturated carbocycles. The number of hydrogen-bond donors (Lipinski definition) is 1. The average Bonchev–Trinajstić information content (AvgIpc) is 3.28. The third kappa shape index (κ3) is 4.30. The number of carbonyl (C=O) groups is 1. The number of carbonyl (C=O) groups excluding carboxylic acids is 1. The first-order valence-electron chi connectivity index (χ1n) is 10.1. The summed E-state index contributed by atoms with van der Waals surface area (Å²) in [7, 11) is -3.60. The van der Waals surface area contributed by atoms with Crippen LogP contribution in [-0.4, -0.2) is 48.5 Å². The summed E-state index contributed by atoms with van der Waals surface area (Å²) in [6.45, 7) is 4.45. The van der Waals surface area contributed by atoms with Crippen LogP contribution in [0, 0.1) is 0 Å². The summed E-state index contributed by atoms with van der Waals surface area (Å²) in [6, 6.07) is 12.8. The zero-order valence-electron chi connectivity index (χ0n) is 17.5. The molecule has 3 aromatic rings. The van der Waals surface area contributed by atoms with E-state index in [-0.39, 0.29) is 29.0 Å². The number of benzene rings is 2. The first kappa shape index (κ1) is 21.8. The maximum Gasteiger partial charge on any atom is 0.322 e. The van der Waals surface area contributed by atoms with E-state index in [0.717, 1.165) is 0 Å². The Morgan fingerprint density at radius 1 is 1.06 bits per heavy atom. The Morgan fingerprint density at radius 2 is 1.75 bits per heavy atom. The van der Waals surface area contributed by atoms with Crippen LogP contribution in [0.25, 0.3) is 0 Å². The number of aromatic nitrogens is 2. The number of nitrogens with one attached hydrogen (secondary N) is 1. The Morgan fingerprint density at radius 3 is 2.44 bits per heavy atom. The summed E-state index contributed by atoms with van der Waals surface area (Å²) < 4.78 is 43.4. The molecule has 0 spiro atoms. The van der Waals surface area contributed by atoms with Gasteiger partial charge in [0, 0.05) is 18.7 Å². The zero-order valence-corrected chi connectivity index (χ0v) is 18.3. The number of rotatable bonds is 7. The summed E-state index contributed by atoms with van der Waals surface area (Å²) in [5.41, 5.74) is 0.245. The molecule has 1 atom stereocenters. The Hall–Kier alpha value is -3.44. The van der Waals surface area contributed by atoms with Gasteiger partial charge < -0.3 is 13.9 Å². The summed E-state index contributed by atoms with van der Waals surface area (Å²) >= 11 is 0. The molecule has 0 radical (unpaired) electrons. The van der Waals surface area contributed by atoms with Crippen LogP contribution in [0.3, 0.4) is 0 Å². The van der Waals surface area contributed by atoms with Crippen molar-refractivity contribution in [3.05, 3.63) is 60.0 Å². The van der Waals surface area contributed by atoms with Gasteiger partial charge in [-0.3, -0.25) is 10.1 Å². The van der Waals surface area contributed by atoms with Crippen LogP contribution in [0.1, 0.15) is 36.2 Å². The second kappa shape index (κ2) is 8.97. The molecule has 0 saturated heterocycles. The molecule has 1 aromatic heterocycles. The van der Waals surface area contributed by atoms with Crippen LogP contribution in [0.15, 0.2) is 57.8 Å². The van der Waals surface area contributed by atoms with Crippen molar-refractivity contribution in [2.24, 2.45) is 0 Å². The van der Waals surface area contributed by atoms with Crippen molar-refractivity contribution >= 4 is 21.9 Å². The molecule has 2 aromatic carbocycles. The Kier molecular flexibility index (Phi) is 6.10. The molecule has 168 valence electrons. The molecule has 1 aliphatic heterocycles. The molecule has 0 bridgehead atoms. The number of anilines is 1. The molecule has 10 nitrogen and oxygen atoms in total. The van der Waals surface area contributed by atoms with Crippen LogP contribution in [0.2, 0.25) is 0 Å².